The first-order valence-corrected chi connectivity index (χ1v) is 6.81. The molecule has 1 aromatic rings. The third-order valence-electron chi connectivity index (χ3n) is 2.02. The van der Waals surface area contributed by atoms with E-state index in [2.05, 4.69) is 34.5 Å². The third kappa shape index (κ3) is 4.00. The summed E-state index contributed by atoms with van der Waals surface area (Å²) in [5, 5.41) is 0.443. The molecule has 1 unspecified atom stereocenters. The van der Waals surface area contributed by atoms with E-state index >= 15 is 0 Å². The maximum atomic E-state index is 13.6. The molecule has 0 N–H and O–H groups in total. The molecule has 0 aliphatic carbocycles. The Labute approximate surface area is 113 Å². The van der Waals surface area contributed by atoms with Gasteiger partial charge < -0.3 is 4.74 Å². The van der Waals surface area contributed by atoms with E-state index in [0.717, 1.165) is 9.37 Å². The standard InChI is InChI=1S/C12H14BrFO2S/c1-7(2)17-10-5-4-8(6-9(10)13)11(14)12(15)16-3/h4-7,11H,1-3H3. The first kappa shape index (κ1) is 14.5. The molecule has 0 aliphatic heterocycles. The van der Waals surface area contributed by atoms with Gasteiger partial charge in [0.1, 0.15) is 0 Å². The Balaban J connectivity index is 2.92. The maximum Gasteiger partial charge on any atom is 0.345 e. The van der Waals surface area contributed by atoms with E-state index in [1.807, 2.05) is 0 Å². The van der Waals surface area contributed by atoms with Gasteiger partial charge in [-0.3, -0.25) is 0 Å². The van der Waals surface area contributed by atoms with Crippen LogP contribution < -0.4 is 0 Å². The number of halogens is 2. The number of ether oxygens (including phenoxy) is 1. The Morgan fingerprint density at radius 1 is 1.47 bits per heavy atom. The molecule has 0 saturated carbocycles. The Bertz CT molecular complexity index is 409. The molecule has 94 valence electrons. The van der Waals surface area contributed by atoms with Crippen molar-refractivity contribution in [3.05, 3.63) is 28.2 Å². The minimum Gasteiger partial charge on any atom is -0.467 e. The average molecular weight is 321 g/mol. The van der Waals surface area contributed by atoms with Crippen molar-refractivity contribution in [2.45, 2.75) is 30.2 Å². The fraction of sp³-hybridized carbons (Fsp3) is 0.417. The lowest BCUT2D eigenvalue weighted by atomic mass is 10.1. The van der Waals surface area contributed by atoms with Crippen LogP contribution in [0.1, 0.15) is 25.6 Å². The predicted molar refractivity (Wildman–Crippen MR) is 71.0 cm³/mol. The number of carbonyl (C=O) groups excluding carboxylic acids is 1. The van der Waals surface area contributed by atoms with Gasteiger partial charge in [0, 0.05) is 14.6 Å². The maximum absolute atomic E-state index is 13.6. The van der Waals surface area contributed by atoms with Crippen LogP contribution in [0.3, 0.4) is 0 Å². The molecule has 0 amide bonds. The molecular weight excluding hydrogens is 307 g/mol. The normalized spacial score (nSPS) is 12.6. The fourth-order valence-electron chi connectivity index (χ4n) is 1.26. The topological polar surface area (TPSA) is 26.3 Å². The van der Waals surface area contributed by atoms with Crippen molar-refractivity contribution >= 4 is 33.7 Å². The van der Waals surface area contributed by atoms with Gasteiger partial charge in [-0.25, -0.2) is 9.18 Å². The molecule has 1 atom stereocenters. The van der Waals surface area contributed by atoms with Crippen molar-refractivity contribution in [3.63, 3.8) is 0 Å². The summed E-state index contributed by atoms with van der Waals surface area (Å²) < 4.78 is 18.8. The zero-order chi connectivity index (χ0) is 13.0. The second-order valence-electron chi connectivity index (χ2n) is 3.74. The summed E-state index contributed by atoms with van der Waals surface area (Å²) >= 11 is 5.05. The summed E-state index contributed by atoms with van der Waals surface area (Å²) in [6.07, 6.45) is -1.73. The minimum absolute atomic E-state index is 0.303. The van der Waals surface area contributed by atoms with Crippen molar-refractivity contribution in [2.75, 3.05) is 7.11 Å². The van der Waals surface area contributed by atoms with Gasteiger partial charge in [-0.15, -0.1) is 11.8 Å². The van der Waals surface area contributed by atoms with Gasteiger partial charge in [0.2, 0.25) is 6.17 Å². The summed E-state index contributed by atoms with van der Waals surface area (Å²) in [7, 11) is 1.17. The lowest BCUT2D eigenvalue weighted by molar-refractivity contribution is -0.146. The molecular formula is C12H14BrFO2S. The molecule has 0 heterocycles. The number of thioether (sulfide) groups is 1. The second kappa shape index (κ2) is 6.40. The minimum atomic E-state index is -1.73. The number of esters is 1. The van der Waals surface area contributed by atoms with Crippen molar-refractivity contribution in [1.29, 1.82) is 0 Å². The van der Waals surface area contributed by atoms with Crippen LogP contribution in [-0.4, -0.2) is 18.3 Å². The molecule has 0 bridgehead atoms. The number of methoxy groups -OCH3 is 1. The van der Waals surface area contributed by atoms with Crippen LogP contribution in [0.2, 0.25) is 0 Å². The first-order valence-electron chi connectivity index (χ1n) is 5.13. The van der Waals surface area contributed by atoms with Crippen LogP contribution in [0.4, 0.5) is 4.39 Å². The predicted octanol–water partition coefficient (Wildman–Crippen LogP) is 4.13. The summed E-state index contributed by atoms with van der Waals surface area (Å²) in [6, 6.07) is 5.03. The van der Waals surface area contributed by atoms with E-state index in [4.69, 9.17) is 0 Å². The third-order valence-corrected chi connectivity index (χ3v) is 4.02. The highest BCUT2D eigenvalue weighted by molar-refractivity contribution is 9.10. The zero-order valence-corrected chi connectivity index (χ0v) is 12.3. The van der Waals surface area contributed by atoms with Gasteiger partial charge >= 0.3 is 5.97 Å². The van der Waals surface area contributed by atoms with Crippen molar-refractivity contribution < 1.29 is 13.9 Å². The highest BCUT2D eigenvalue weighted by atomic mass is 79.9. The van der Waals surface area contributed by atoms with Gasteiger partial charge in [-0.1, -0.05) is 19.9 Å². The largest absolute Gasteiger partial charge is 0.467 e. The summed E-state index contributed by atoms with van der Waals surface area (Å²) in [5.74, 6) is -0.874. The van der Waals surface area contributed by atoms with Crippen molar-refractivity contribution in [1.82, 2.24) is 0 Å². The summed E-state index contributed by atoms with van der Waals surface area (Å²) in [4.78, 5) is 12.1. The monoisotopic (exact) mass is 320 g/mol. The van der Waals surface area contributed by atoms with Crippen molar-refractivity contribution in [3.8, 4) is 0 Å². The Morgan fingerprint density at radius 2 is 2.12 bits per heavy atom. The smallest absolute Gasteiger partial charge is 0.345 e. The van der Waals surface area contributed by atoms with Crippen LogP contribution in [0.5, 0.6) is 0 Å². The van der Waals surface area contributed by atoms with Gasteiger partial charge in [0.15, 0.2) is 0 Å². The van der Waals surface area contributed by atoms with Gasteiger partial charge in [-0.05, 0) is 33.6 Å². The number of carbonyl (C=O) groups is 1. The Kier molecular flexibility index (Phi) is 5.46. The molecule has 0 radical (unpaired) electrons. The highest BCUT2D eigenvalue weighted by Crippen LogP contribution is 2.33. The van der Waals surface area contributed by atoms with E-state index in [0.29, 0.717) is 10.8 Å². The van der Waals surface area contributed by atoms with Crippen LogP contribution in [0.15, 0.2) is 27.6 Å². The molecule has 0 fully saturated rings. The molecule has 2 nitrogen and oxygen atoms in total. The SMILES string of the molecule is COC(=O)C(F)c1ccc(SC(C)C)c(Br)c1. The van der Waals surface area contributed by atoms with Crippen LogP contribution >= 0.6 is 27.7 Å². The van der Waals surface area contributed by atoms with Gasteiger partial charge in [-0.2, -0.15) is 0 Å². The molecule has 1 rings (SSSR count). The van der Waals surface area contributed by atoms with Crippen LogP contribution in [0, 0.1) is 0 Å². The number of hydrogen-bond acceptors (Lipinski definition) is 3. The lowest BCUT2D eigenvalue weighted by Gasteiger charge is -2.11. The molecule has 0 aliphatic rings. The number of alkyl halides is 1. The van der Waals surface area contributed by atoms with Gasteiger partial charge in [0.05, 0.1) is 7.11 Å². The molecule has 17 heavy (non-hydrogen) atoms. The van der Waals surface area contributed by atoms with E-state index in [1.54, 1.807) is 30.0 Å². The van der Waals surface area contributed by atoms with Gasteiger partial charge in [0.25, 0.3) is 0 Å². The molecule has 0 aromatic heterocycles. The van der Waals surface area contributed by atoms with E-state index in [9.17, 15) is 9.18 Å². The number of benzene rings is 1. The van der Waals surface area contributed by atoms with Crippen LogP contribution in [0.25, 0.3) is 0 Å². The fourth-order valence-corrected chi connectivity index (χ4v) is 2.77. The Hall–Kier alpha value is -0.550. The van der Waals surface area contributed by atoms with E-state index in [1.165, 1.54) is 7.11 Å². The summed E-state index contributed by atoms with van der Waals surface area (Å²) in [6.45, 7) is 4.16. The van der Waals surface area contributed by atoms with E-state index in [-0.39, 0.29) is 0 Å². The highest BCUT2D eigenvalue weighted by Gasteiger charge is 2.21. The molecule has 0 saturated heterocycles. The zero-order valence-electron chi connectivity index (χ0n) is 9.87. The average Bonchev–Trinajstić information content (AvgIpc) is 2.29. The van der Waals surface area contributed by atoms with E-state index < -0.39 is 12.1 Å². The molecule has 1 aromatic carbocycles. The molecule has 0 spiro atoms. The van der Waals surface area contributed by atoms with Crippen LogP contribution in [-0.2, 0) is 9.53 Å². The number of hydrogen-bond donors (Lipinski definition) is 0. The quantitative estimate of drug-likeness (QED) is 0.616. The second-order valence-corrected chi connectivity index (χ2v) is 6.21. The number of rotatable bonds is 4. The first-order chi connectivity index (χ1) is 7.95. The summed E-state index contributed by atoms with van der Waals surface area (Å²) in [5.41, 5.74) is 0.303. The van der Waals surface area contributed by atoms with Crippen molar-refractivity contribution in [2.24, 2.45) is 0 Å². The Morgan fingerprint density at radius 3 is 2.59 bits per heavy atom. The lowest BCUT2D eigenvalue weighted by Crippen LogP contribution is -2.09. The molecule has 5 heteroatoms.